The number of carbonyl (C=O) groups excluding carboxylic acids is 1. The molecule has 6 rings (SSSR count). The zero-order valence-electron chi connectivity index (χ0n) is 34.1. The van der Waals surface area contributed by atoms with Crippen molar-refractivity contribution in [3.63, 3.8) is 0 Å². The van der Waals surface area contributed by atoms with Gasteiger partial charge in [0.2, 0.25) is 0 Å². The molecule has 0 bridgehead atoms. The minimum absolute atomic E-state index is 0.0286. The normalized spacial score (nSPS) is 38.2. The van der Waals surface area contributed by atoms with Crippen LogP contribution in [-0.4, -0.2) is 223 Å². The Hall–Kier alpha value is -3.87. The van der Waals surface area contributed by atoms with Gasteiger partial charge in [-0.25, -0.2) is 4.79 Å². The van der Waals surface area contributed by atoms with Crippen LogP contribution >= 0.6 is 0 Å². The van der Waals surface area contributed by atoms with Crippen LogP contribution in [0.4, 0.5) is 0 Å². The number of phenolic OH excluding ortho intramolecular Hbond substituents is 3. The molecule has 0 unspecified atom stereocenters. The fraction of sp³-hybridized carbons (Fsp3) is 0.625. The minimum atomic E-state index is -2.06. The van der Waals surface area contributed by atoms with E-state index in [9.17, 15) is 71.2 Å². The third-order valence-corrected chi connectivity index (χ3v) is 10.9. The van der Waals surface area contributed by atoms with Gasteiger partial charge >= 0.3 is 5.97 Å². The average Bonchev–Trinajstić information content (AvgIpc) is 3.28. The molecular formula is C40H54O24. The van der Waals surface area contributed by atoms with Gasteiger partial charge in [0.25, 0.3) is 0 Å². The van der Waals surface area contributed by atoms with Crippen molar-refractivity contribution in [1.29, 1.82) is 0 Å². The van der Waals surface area contributed by atoms with Gasteiger partial charge in [-0.1, -0.05) is 12.1 Å². The number of hydrogen-bond acceptors (Lipinski definition) is 24. The zero-order valence-corrected chi connectivity index (χ0v) is 34.1. The second-order valence-electron chi connectivity index (χ2n) is 15.4. The Morgan fingerprint density at radius 3 is 1.95 bits per heavy atom. The Kier molecular flexibility index (Phi) is 17.1. The third kappa shape index (κ3) is 11.6. The van der Waals surface area contributed by atoms with Crippen molar-refractivity contribution in [3.05, 3.63) is 53.6 Å². The Bertz CT molecular complexity index is 1850. The first-order valence-corrected chi connectivity index (χ1v) is 20.1. The van der Waals surface area contributed by atoms with Gasteiger partial charge in [-0.05, 0) is 47.9 Å². The highest BCUT2D eigenvalue weighted by atomic mass is 16.8. The first-order chi connectivity index (χ1) is 30.5. The molecule has 4 fully saturated rings. The number of rotatable bonds is 16. The van der Waals surface area contributed by atoms with E-state index >= 15 is 0 Å². The van der Waals surface area contributed by atoms with Crippen molar-refractivity contribution in [3.8, 4) is 23.0 Å². The van der Waals surface area contributed by atoms with Crippen LogP contribution in [0.5, 0.6) is 23.0 Å². The molecule has 2 aromatic carbocycles. The van der Waals surface area contributed by atoms with Crippen molar-refractivity contribution in [2.75, 3.05) is 40.1 Å². The molecule has 64 heavy (non-hydrogen) atoms. The van der Waals surface area contributed by atoms with Gasteiger partial charge in [0.05, 0.1) is 40.1 Å². The summed E-state index contributed by atoms with van der Waals surface area (Å²) in [4.78, 5) is 13.8. The van der Waals surface area contributed by atoms with Crippen LogP contribution in [-0.2, 0) is 53.8 Å². The molecule has 0 aliphatic carbocycles. The fourth-order valence-electron chi connectivity index (χ4n) is 7.25. The van der Waals surface area contributed by atoms with E-state index < -0.39 is 155 Å². The molecule has 24 nitrogen and oxygen atoms in total. The van der Waals surface area contributed by atoms with E-state index in [1.165, 1.54) is 49.6 Å². The van der Waals surface area contributed by atoms with Crippen molar-refractivity contribution >= 4 is 12.0 Å². The highest BCUT2D eigenvalue weighted by Crippen LogP contribution is 2.36. The van der Waals surface area contributed by atoms with Crippen LogP contribution in [0, 0.1) is 0 Å². The number of hydrogen-bond donors (Lipinski definition) is 13. The van der Waals surface area contributed by atoms with Crippen LogP contribution in [0.25, 0.3) is 6.08 Å². The Morgan fingerprint density at radius 2 is 1.28 bits per heavy atom. The summed E-state index contributed by atoms with van der Waals surface area (Å²) in [6, 6.07) is 8.12. The van der Waals surface area contributed by atoms with E-state index in [-0.39, 0.29) is 24.5 Å². The SMILES string of the molecule is COc1cc(/C=C/C(=O)O[C@H]2[C@H](O[C@@H]3O[C@H](CO)[C@@H](O)[C@H](O)[C@H]3O)[C@@H](O[C@@H]3OC[C@H](O)[C@H](O)[C@H]3O)[C@H](OCCc3ccc(O)c(O)c3)O[C@@H]2CO[C@@H]2OC[C@H](O)[C@@H](O)[C@@H]2O)ccc1O. The molecule has 0 aromatic heterocycles. The van der Waals surface area contributed by atoms with Crippen LogP contribution in [0.1, 0.15) is 11.1 Å². The maximum absolute atomic E-state index is 13.8. The number of aliphatic hydroxyl groups excluding tert-OH is 10. The van der Waals surface area contributed by atoms with Crippen molar-refractivity contribution in [2.45, 2.75) is 117 Å². The average molecular weight is 919 g/mol. The van der Waals surface area contributed by atoms with Crippen molar-refractivity contribution in [1.82, 2.24) is 0 Å². The summed E-state index contributed by atoms with van der Waals surface area (Å²) in [6.07, 6.45) is -29.6. The summed E-state index contributed by atoms with van der Waals surface area (Å²) in [5, 5.41) is 135. The number of ether oxygens (including phenoxy) is 10. The van der Waals surface area contributed by atoms with Gasteiger partial charge in [0.1, 0.15) is 79.4 Å². The van der Waals surface area contributed by atoms with E-state index in [2.05, 4.69) is 0 Å². The lowest BCUT2D eigenvalue weighted by Crippen LogP contribution is -2.67. The first kappa shape index (κ1) is 49.6. The Labute approximate surface area is 364 Å². The molecule has 4 aliphatic heterocycles. The lowest BCUT2D eigenvalue weighted by Gasteiger charge is -2.49. The molecule has 4 saturated heterocycles. The Morgan fingerprint density at radius 1 is 0.656 bits per heavy atom. The smallest absolute Gasteiger partial charge is 0.331 e. The number of benzene rings is 2. The summed E-state index contributed by atoms with van der Waals surface area (Å²) in [7, 11) is 1.31. The highest BCUT2D eigenvalue weighted by molar-refractivity contribution is 5.87. The summed E-state index contributed by atoms with van der Waals surface area (Å²) in [5.41, 5.74) is 0.806. The van der Waals surface area contributed by atoms with Crippen molar-refractivity contribution < 1.29 is 119 Å². The fourth-order valence-corrected chi connectivity index (χ4v) is 7.25. The topological polar surface area (TPSA) is 372 Å². The predicted molar refractivity (Wildman–Crippen MR) is 207 cm³/mol. The number of aromatic hydroxyl groups is 3. The standard InChI is InChI=1S/C40H54O24/c1-55-23-11-16(3-6-19(23)43)4-7-26(47)62-34-25(15-59-37-31(52)27(48)21(45)13-57-37)61-40(56-9-8-17-2-5-18(42)20(44)10-17)36(64-38-32(53)28(49)22(46)14-58-38)35(34)63-39-33(54)30(51)29(50)24(12-41)60-39/h2-7,10-11,21-22,24-25,27-46,48-54H,8-9,12-15H2,1H3/b7-4+/t21-,22-,24+,25+,27+,28-,29+,30-,31-,32+,33+,34+,35-,36+,37-,38-,39-,40+/m0/s1. The largest absolute Gasteiger partial charge is 0.504 e. The monoisotopic (exact) mass is 918 g/mol. The molecule has 0 amide bonds. The van der Waals surface area contributed by atoms with Gasteiger partial charge in [-0.15, -0.1) is 0 Å². The summed E-state index contributed by atoms with van der Waals surface area (Å²) in [5.74, 6) is -2.06. The maximum atomic E-state index is 13.8. The molecule has 0 saturated carbocycles. The lowest BCUT2D eigenvalue weighted by atomic mass is 9.96. The van der Waals surface area contributed by atoms with Gasteiger partial charge < -0.3 is 114 Å². The molecule has 4 heterocycles. The quantitative estimate of drug-likeness (QED) is 0.0427. The molecular weight excluding hydrogens is 864 g/mol. The molecule has 0 spiro atoms. The van der Waals surface area contributed by atoms with E-state index in [4.69, 9.17) is 47.4 Å². The molecule has 24 heteroatoms. The number of carbonyl (C=O) groups is 1. The molecule has 2 aromatic rings. The van der Waals surface area contributed by atoms with Gasteiger partial charge in [-0.2, -0.15) is 0 Å². The summed E-state index contributed by atoms with van der Waals surface area (Å²) < 4.78 is 58.3. The number of esters is 1. The highest BCUT2D eigenvalue weighted by Gasteiger charge is 2.56. The summed E-state index contributed by atoms with van der Waals surface area (Å²) in [6.45, 7) is -2.90. The second kappa shape index (κ2) is 22.1. The van der Waals surface area contributed by atoms with E-state index in [0.717, 1.165) is 6.08 Å². The van der Waals surface area contributed by atoms with Gasteiger partial charge in [0.15, 0.2) is 54.3 Å². The van der Waals surface area contributed by atoms with Crippen LogP contribution < -0.4 is 4.74 Å². The number of methoxy groups -OCH3 is 1. The summed E-state index contributed by atoms with van der Waals surface area (Å²) >= 11 is 0. The molecule has 13 N–H and O–H groups in total. The minimum Gasteiger partial charge on any atom is -0.504 e. The number of aliphatic hydroxyl groups is 10. The van der Waals surface area contributed by atoms with Gasteiger partial charge in [-0.3, -0.25) is 0 Å². The van der Waals surface area contributed by atoms with Crippen LogP contribution in [0.15, 0.2) is 42.5 Å². The molecule has 0 radical (unpaired) electrons. The Balaban J connectivity index is 1.39. The molecule has 358 valence electrons. The van der Waals surface area contributed by atoms with Crippen LogP contribution in [0.3, 0.4) is 0 Å². The van der Waals surface area contributed by atoms with Crippen LogP contribution in [0.2, 0.25) is 0 Å². The lowest BCUT2D eigenvalue weighted by molar-refractivity contribution is -0.389. The zero-order chi connectivity index (χ0) is 46.4. The van der Waals surface area contributed by atoms with E-state index in [1.54, 1.807) is 0 Å². The first-order valence-electron chi connectivity index (χ1n) is 20.1. The van der Waals surface area contributed by atoms with Gasteiger partial charge in [0, 0.05) is 6.08 Å². The predicted octanol–water partition coefficient (Wildman–Crippen LogP) is -4.81. The van der Waals surface area contributed by atoms with E-state index in [0.29, 0.717) is 11.1 Å². The van der Waals surface area contributed by atoms with E-state index in [1.807, 2.05) is 0 Å². The molecule has 18 atom stereocenters. The number of phenols is 3. The second-order valence-corrected chi connectivity index (χ2v) is 15.4. The maximum Gasteiger partial charge on any atom is 0.331 e. The van der Waals surface area contributed by atoms with Crippen molar-refractivity contribution in [2.24, 2.45) is 0 Å². The third-order valence-electron chi connectivity index (χ3n) is 10.9. The molecule has 4 aliphatic rings.